The average Bonchev–Trinajstić information content (AvgIpc) is 2.36. The first-order chi connectivity index (χ1) is 8.56. The van der Waals surface area contributed by atoms with Crippen LogP contribution in [0.2, 0.25) is 0 Å². The Balaban J connectivity index is 2.65. The second-order valence-corrected chi connectivity index (χ2v) is 4.84. The van der Waals surface area contributed by atoms with Crippen LogP contribution in [0.3, 0.4) is 0 Å². The fourth-order valence-electron chi connectivity index (χ4n) is 1.76. The lowest BCUT2D eigenvalue weighted by Crippen LogP contribution is -2.28. The van der Waals surface area contributed by atoms with Crippen molar-refractivity contribution in [3.63, 3.8) is 0 Å². The number of pyridine rings is 1. The normalized spacial score (nSPS) is 10.9. The average molecular weight is 246 g/mol. The van der Waals surface area contributed by atoms with Crippen LogP contribution < -0.4 is 0 Å². The van der Waals surface area contributed by atoms with Crippen LogP contribution in [0.1, 0.15) is 23.7 Å². The van der Waals surface area contributed by atoms with E-state index in [4.69, 9.17) is 5.26 Å². The summed E-state index contributed by atoms with van der Waals surface area (Å²) in [5.74, 6) is 0. The van der Waals surface area contributed by atoms with Crippen molar-refractivity contribution >= 4 is 0 Å². The Morgan fingerprint density at radius 2 is 2.00 bits per heavy atom. The molecule has 0 saturated carbocycles. The predicted octanol–water partition coefficient (Wildman–Crippen LogP) is 1.51. The smallest absolute Gasteiger partial charge is 0.101 e. The molecule has 0 spiro atoms. The van der Waals surface area contributed by atoms with Gasteiger partial charge in [0.1, 0.15) is 6.07 Å². The highest BCUT2D eigenvalue weighted by Crippen LogP contribution is 2.10. The fourth-order valence-corrected chi connectivity index (χ4v) is 1.76. The Morgan fingerprint density at radius 3 is 2.56 bits per heavy atom. The summed E-state index contributed by atoms with van der Waals surface area (Å²) in [6.45, 7) is 4.89. The molecule has 0 radical (unpaired) electrons. The monoisotopic (exact) mass is 246 g/mol. The van der Waals surface area contributed by atoms with Crippen molar-refractivity contribution in [3.8, 4) is 6.07 Å². The number of rotatable bonds is 6. The van der Waals surface area contributed by atoms with Gasteiger partial charge in [-0.2, -0.15) is 5.26 Å². The third-order valence-corrected chi connectivity index (χ3v) is 2.86. The summed E-state index contributed by atoms with van der Waals surface area (Å²) in [6, 6.07) is 4.18. The number of nitriles is 1. The maximum Gasteiger partial charge on any atom is 0.101 e. The molecule has 0 aliphatic heterocycles. The molecule has 1 heterocycles. The quantitative estimate of drug-likeness (QED) is 0.763. The van der Waals surface area contributed by atoms with Crippen molar-refractivity contribution in [3.05, 3.63) is 29.1 Å². The van der Waals surface area contributed by atoms with E-state index in [9.17, 15) is 0 Å². The molecule has 0 saturated heterocycles. The Labute approximate surface area is 110 Å². The van der Waals surface area contributed by atoms with Crippen LogP contribution in [0.4, 0.5) is 0 Å². The van der Waals surface area contributed by atoms with Crippen molar-refractivity contribution in [1.82, 2.24) is 14.8 Å². The Bertz CT molecular complexity index is 420. The first-order valence-electron chi connectivity index (χ1n) is 6.28. The van der Waals surface area contributed by atoms with Crippen LogP contribution in [-0.2, 0) is 13.0 Å². The van der Waals surface area contributed by atoms with Gasteiger partial charge in [-0.25, -0.2) is 0 Å². The molecular weight excluding hydrogens is 224 g/mol. The summed E-state index contributed by atoms with van der Waals surface area (Å²) in [4.78, 5) is 8.76. The molecule has 98 valence electrons. The third-order valence-electron chi connectivity index (χ3n) is 2.86. The predicted molar refractivity (Wildman–Crippen MR) is 73.2 cm³/mol. The van der Waals surface area contributed by atoms with Gasteiger partial charge in [0.25, 0.3) is 0 Å². The second kappa shape index (κ2) is 7.10. The highest BCUT2D eigenvalue weighted by Gasteiger charge is 2.06. The number of aryl methyl sites for hydroxylation is 1. The molecular formula is C14H22N4. The number of hydrogen-bond donors (Lipinski definition) is 0. The third kappa shape index (κ3) is 4.44. The second-order valence-electron chi connectivity index (χ2n) is 4.84. The zero-order valence-corrected chi connectivity index (χ0v) is 11.8. The summed E-state index contributed by atoms with van der Waals surface area (Å²) in [5.41, 5.74) is 2.69. The Kier molecular flexibility index (Phi) is 5.76. The van der Waals surface area contributed by atoms with Crippen LogP contribution in [0.25, 0.3) is 0 Å². The number of hydrogen-bond acceptors (Lipinski definition) is 4. The van der Waals surface area contributed by atoms with Crippen molar-refractivity contribution in [2.45, 2.75) is 19.9 Å². The topological polar surface area (TPSA) is 43.2 Å². The molecule has 1 rings (SSSR count). The van der Waals surface area contributed by atoms with Crippen molar-refractivity contribution < 1.29 is 0 Å². The molecule has 1 aromatic heterocycles. The summed E-state index contributed by atoms with van der Waals surface area (Å²) in [7, 11) is 6.22. The zero-order valence-electron chi connectivity index (χ0n) is 11.8. The van der Waals surface area contributed by atoms with Crippen molar-refractivity contribution in [2.24, 2.45) is 0 Å². The van der Waals surface area contributed by atoms with Gasteiger partial charge in [-0.3, -0.25) is 4.98 Å². The van der Waals surface area contributed by atoms with E-state index < -0.39 is 0 Å². The van der Waals surface area contributed by atoms with Crippen LogP contribution in [-0.4, -0.2) is 49.0 Å². The summed E-state index contributed by atoms with van der Waals surface area (Å²) >= 11 is 0. The van der Waals surface area contributed by atoms with Crippen molar-refractivity contribution in [1.29, 1.82) is 5.26 Å². The van der Waals surface area contributed by atoms with E-state index in [1.165, 1.54) is 0 Å². The molecule has 0 N–H and O–H groups in total. The van der Waals surface area contributed by atoms with Crippen molar-refractivity contribution in [2.75, 3.05) is 34.2 Å². The largest absolute Gasteiger partial charge is 0.308 e. The molecule has 4 nitrogen and oxygen atoms in total. The summed E-state index contributed by atoms with van der Waals surface area (Å²) in [6.07, 6.45) is 2.69. The van der Waals surface area contributed by atoms with Gasteiger partial charge in [0.15, 0.2) is 0 Å². The van der Waals surface area contributed by atoms with Gasteiger partial charge < -0.3 is 9.80 Å². The van der Waals surface area contributed by atoms with E-state index in [1.54, 1.807) is 0 Å². The molecule has 0 unspecified atom stereocenters. The standard InChI is InChI=1S/C14H22N4/c1-5-14-13(9-15)8-12(10-16-14)11-18(4)7-6-17(2)3/h8,10H,5-7,11H2,1-4H3. The SMILES string of the molecule is CCc1ncc(CN(C)CCN(C)C)cc1C#N. The minimum Gasteiger partial charge on any atom is -0.308 e. The van der Waals surface area contributed by atoms with Gasteiger partial charge in [0, 0.05) is 25.8 Å². The zero-order chi connectivity index (χ0) is 13.5. The lowest BCUT2D eigenvalue weighted by Gasteiger charge is -2.19. The van der Waals surface area contributed by atoms with Gasteiger partial charge in [0.05, 0.1) is 11.3 Å². The number of likely N-dealkylation sites (N-methyl/N-ethyl adjacent to an activating group) is 2. The van der Waals surface area contributed by atoms with Crippen LogP contribution in [0.15, 0.2) is 12.3 Å². The Hall–Kier alpha value is -1.44. The summed E-state index contributed by atoms with van der Waals surface area (Å²) < 4.78 is 0. The van der Waals surface area contributed by atoms with Crippen LogP contribution in [0.5, 0.6) is 0 Å². The molecule has 4 heteroatoms. The highest BCUT2D eigenvalue weighted by atomic mass is 15.1. The highest BCUT2D eigenvalue weighted by molar-refractivity contribution is 5.35. The van der Waals surface area contributed by atoms with E-state index in [1.807, 2.05) is 19.2 Å². The van der Waals surface area contributed by atoms with E-state index >= 15 is 0 Å². The molecule has 1 aromatic rings. The van der Waals surface area contributed by atoms with E-state index in [-0.39, 0.29) is 0 Å². The molecule has 0 fully saturated rings. The number of aromatic nitrogens is 1. The lowest BCUT2D eigenvalue weighted by molar-refractivity contribution is 0.276. The van der Waals surface area contributed by atoms with E-state index in [0.29, 0.717) is 5.56 Å². The Morgan fingerprint density at radius 1 is 1.28 bits per heavy atom. The molecule has 0 amide bonds. The molecule has 18 heavy (non-hydrogen) atoms. The molecule has 0 atom stereocenters. The molecule has 0 aliphatic carbocycles. The fraction of sp³-hybridized carbons (Fsp3) is 0.571. The van der Waals surface area contributed by atoms with Gasteiger partial charge in [-0.05, 0) is 39.2 Å². The lowest BCUT2D eigenvalue weighted by atomic mass is 10.1. The van der Waals surface area contributed by atoms with Crippen LogP contribution >= 0.6 is 0 Å². The van der Waals surface area contributed by atoms with Crippen LogP contribution in [0, 0.1) is 11.3 Å². The maximum absolute atomic E-state index is 9.07. The maximum atomic E-state index is 9.07. The van der Waals surface area contributed by atoms with Gasteiger partial charge >= 0.3 is 0 Å². The first-order valence-corrected chi connectivity index (χ1v) is 6.28. The minimum atomic E-state index is 0.705. The van der Waals surface area contributed by atoms with Gasteiger partial charge in [0.2, 0.25) is 0 Å². The molecule has 0 bridgehead atoms. The summed E-state index contributed by atoms with van der Waals surface area (Å²) in [5, 5.41) is 9.07. The van der Waals surface area contributed by atoms with Gasteiger partial charge in [-0.1, -0.05) is 6.92 Å². The first kappa shape index (κ1) is 14.6. The molecule has 0 aliphatic rings. The molecule has 0 aromatic carbocycles. The van der Waals surface area contributed by atoms with Gasteiger partial charge in [-0.15, -0.1) is 0 Å². The minimum absolute atomic E-state index is 0.705. The van der Waals surface area contributed by atoms with E-state index in [2.05, 4.69) is 42.0 Å². The number of nitrogens with zero attached hydrogens (tertiary/aromatic N) is 4. The van der Waals surface area contributed by atoms with E-state index in [0.717, 1.165) is 37.3 Å².